The first-order chi connectivity index (χ1) is 7.69. The molecule has 0 aliphatic heterocycles. The highest BCUT2D eigenvalue weighted by Gasteiger charge is 2.06. The summed E-state index contributed by atoms with van der Waals surface area (Å²) < 4.78 is 0. The van der Waals surface area contributed by atoms with Crippen molar-refractivity contribution in [3.05, 3.63) is 46.1 Å². The van der Waals surface area contributed by atoms with Crippen molar-refractivity contribution in [1.29, 1.82) is 0 Å². The van der Waals surface area contributed by atoms with Crippen LogP contribution >= 0.6 is 0 Å². The quantitative estimate of drug-likeness (QED) is 0.520. The molecule has 0 fully saturated rings. The molecule has 1 aromatic heterocycles. The minimum Gasteiger partial charge on any atom is -0.374 e. The Labute approximate surface area is 92.1 Å². The summed E-state index contributed by atoms with van der Waals surface area (Å²) in [5.41, 5.74) is -0.751. The lowest BCUT2D eigenvalue weighted by Gasteiger charge is -2.09. The van der Waals surface area contributed by atoms with E-state index in [2.05, 4.69) is 33.8 Å². The van der Waals surface area contributed by atoms with Crippen LogP contribution in [0.5, 0.6) is 0 Å². The highest BCUT2D eigenvalue weighted by atomic mass is 16.2. The molecule has 4 N–H and O–H groups in total. The van der Waals surface area contributed by atoms with Gasteiger partial charge in [0.05, 0.1) is 0 Å². The van der Waals surface area contributed by atoms with Crippen LogP contribution in [0, 0.1) is 0 Å². The Hall–Kier alpha value is -2.24. The van der Waals surface area contributed by atoms with Gasteiger partial charge >= 0.3 is 5.69 Å². The lowest BCUT2D eigenvalue weighted by atomic mass is 10.4. The van der Waals surface area contributed by atoms with Gasteiger partial charge in [0, 0.05) is 13.1 Å². The van der Waals surface area contributed by atoms with Crippen molar-refractivity contribution >= 4 is 11.5 Å². The van der Waals surface area contributed by atoms with Crippen molar-refractivity contribution in [3.63, 3.8) is 0 Å². The smallest absolute Gasteiger partial charge is 0.327 e. The largest absolute Gasteiger partial charge is 0.374 e. The summed E-state index contributed by atoms with van der Waals surface area (Å²) in [6.45, 7) is 7.94. The van der Waals surface area contributed by atoms with Crippen LogP contribution in [0.3, 0.4) is 0 Å². The Balaban J connectivity index is 3.09. The SMILES string of the molecule is C=CCNc1[nH]c(=O)[nH]c(=O)c1NCC=C. The zero-order valence-corrected chi connectivity index (χ0v) is 8.80. The molecule has 0 spiro atoms. The first-order valence-corrected chi connectivity index (χ1v) is 4.75. The molecular weight excluding hydrogens is 208 g/mol. The van der Waals surface area contributed by atoms with Crippen molar-refractivity contribution < 1.29 is 0 Å². The number of aromatic nitrogens is 2. The average Bonchev–Trinajstić information content (AvgIpc) is 2.24. The van der Waals surface area contributed by atoms with Crippen molar-refractivity contribution in [2.75, 3.05) is 23.7 Å². The predicted molar refractivity (Wildman–Crippen MR) is 65.1 cm³/mol. The summed E-state index contributed by atoms with van der Waals surface area (Å²) >= 11 is 0. The van der Waals surface area contributed by atoms with Crippen molar-refractivity contribution in [2.24, 2.45) is 0 Å². The van der Waals surface area contributed by atoms with E-state index in [-0.39, 0.29) is 5.69 Å². The minimum absolute atomic E-state index is 0.279. The van der Waals surface area contributed by atoms with Crippen LogP contribution < -0.4 is 21.9 Å². The summed E-state index contributed by atoms with van der Waals surface area (Å²) in [6, 6.07) is 0. The van der Waals surface area contributed by atoms with Crippen molar-refractivity contribution in [2.45, 2.75) is 0 Å². The van der Waals surface area contributed by atoms with E-state index in [1.165, 1.54) is 0 Å². The van der Waals surface area contributed by atoms with Crippen LogP contribution in [0.15, 0.2) is 34.9 Å². The van der Waals surface area contributed by atoms with E-state index in [0.29, 0.717) is 18.9 Å². The molecule has 1 aromatic rings. The maximum absolute atomic E-state index is 11.5. The Kier molecular flexibility index (Phi) is 4.14. The number of H-pyrrole nitrogens is 2. The summed E-state index contributed by atoms with van der Waals surface area (Å²) in [5.74, 6) is 0.343. The van der Waals surface area contributed by atoms with Gasteiger partial charge in [-0.3, -0.25) is 14.8 Å². The molecule has 6 heteroatoms. The number of rotatable bonds is 6. The van der Waals surface area contributed by atoms with E-state index in [4.69, 9.17) is 0 Å². The normalized spacial score (nSPS) is 9.50. The van der Waals surface area contributed by atoms with Crippen molar-refractivity contribution in [1.82, 2.24) is 9.97 Å². The molecule has 16 heavy (non-hydrogen) atoms. The number of nitrogens with one attached hydrogen (secondary N) is 4. The van der Waals surface area contributed by atoms with Crippen LogP contribution in [0.4, 0.5) is 11.5 Å². The Bertz CT molecular complexity index is 486. The van der Waals surface area contributed by atoms with Gasteiger partial charge in [0.15, 0.2) is 0 Å². The topological polar surface area (TPSA) is 89.8 Å². The molecule has 0 aromatic carbocycles. The third kappa shape index (κ3) is 2.88. The molecule has 0 saturated heterocycles. The summed E-state index contributed by atoms with van der Waals surface area (Å²) in [6.07, 6.45) is 3.23. The van der Waals surface area contributed by atoms with Crippen LogP contribution in [0.25, 0.3) is 0 Å². The second-order valence-corrected chi connectivity index (χ2v) is 3.00. The highest BCUT2D eigenvalue weighted by molar-refractivity contribution is 5.62. The molecule has 0 atom stereocenters. The Morgan fingerprint density at radius 1 is 1.06 bits per heavy atom. The van der Waals surface area contributed by atoms with Gasteiger partial charge in [-0.25, -0.2) is 4.79 Å². The summed E-state index contributed by atoms with van der Waals surface area (Å²) in [4.78, 5) is 27.2. The fourth-order valence-electron chi connectivity index (χ4n) is 1.14. The van der Waals surface area contributed by atoms with Gasteiger partial charge in [-0.1, -0.05) is 12.2 Å². The maximum atomic E-state index is 11.5. The van der Waals surface area contributed by atoms with Crippen LogP contribution in [0.1, 0.15) is 0 Å². The number of aromatic amines is 2. The fraction of sp³-hybridized carbons (Fsp3) is 0.200. The molecule has 0 aliphatic rings. The third-order valence-electron chi connectivity index (χ3n) is 1.79. The van der Waals surface area contributed by atoms with E-state index in [9.17, 15) is 9.59 Å². The fourth-order valence-corrected chi connectivity index (χ4v) is 1.14. The number of anilines is 2. The van der Waals surface area contributed by atoms with E-state index in [0.717, 1.165) is 0 Å². The lowest BCUT2D eigenvalue weighted by molar-refractivity contribution is 1.02. The van der Waals surface area contributed by atoms with Crippen molar-refractivity contribution in [3.8, 4) is 0 Å². The molecule has 86 valence electrons. The van der Waals surface area contributed by atoms with E-state index < -0.39 is 11.2 Å². The highest BCUT2D eigenvalue weighted by Crippen LogP contribution is 2.09. The second-order valence-electron chi connectivity index (χ2n) is 3.00. The minimum atomic E-state index is -0.555. The summed E-state index contributed by atoms with van der Waals surface area (Å²) in [5, 5.41) is 5.70. The molecule has 0 amide bonds. The summed E-state index contributed by atoms with van der Waals surface area (Å²) in [7, 11) is 0. The molecule has 0 saturated carbocycles. The van der Waals surface area contributed by atoms with Gasteiger partial charge < -0.3 is 10.6 Å². The van der Waals surface area contributed by atoms with Crippen LogP contribution in [-0.4, -0.2) is 23.1 Å². The molecule has 0 radical (unpaired) electrons. The first-order valence-electron chi connectivity index (χ1n) is 4.75. The average molecular weight is 222 g/mol. The second kappa shape index (κ2) is 5.59. The molecular formula is C10H14N4O2. The third-order valence-corrected chi connectivity index (χ3v) is 1.79. The van der Waals surface area contributed by atoms with Gasteiger partial charge in [-0.15, -0.1) is 13.2 Å². The molecule has 1 rings (SSSR count). The van der Waals surface area contributed by atoms with Gasteiger partial charge in [-0.05, 0) is 0 Å². The lowest BCUT2D eigenvalue weighted by Crippen LogP contribution is -2.27. The Morgan fingerprint density at radius 3 is 2.31 bits per heavy atom. The molecule has 1 heterocycles. The monoisotopic (exact) mass is 222 g/mol. The standard InChI is InChI=1S/C10H14N4O2/c1-3-5-11-7-8(12-6-4-2)13-10(16)14-9(7)15/h3-4,11H,1-2,5-6H2,(H3,12,13,14,15,16). The van der Waals surface area contributed by atoms with E-state index in [1.54, 1.807) is 12.2 Å². The van der Waals surface area contributed by atoms with Crippen LogP contribution in [-0.2, 0) is 0 Å². The maximum Gasteiger partial charge on any atom is 0.327 e. The molecule has 6 nitrogen and oxygen atoms in total. The Morgan fingerprint density at radius 2 is 1.69 bits per heavy atom. The molecule has 0 unspecified atom stereocenters. The van der Waals surface area contributed by atoms with Gasteiger partial charge in [0.2, 0.25) is 0 Å². The van der Waals surface area contributed by atoms with E-state index >= 15 is 0 Å². The zero-order chi connectivity index (χ0) is 12.0. The van der Waals surface area contributed by atoms with Gasteiger partial charge in [0.25, 0.3) is 5.56 Å². The molecule has 0 aliphatic carbocycles. The predicted octanol–water partition coefficient (Wildman–Crippen LogP) is 0.259. The number of hydrogen-bond acceptors (Lipinski definition) is 4. The molecule has 0 bridgehead atoms. The zero-order valence-electron chi connectivity index (χ0n) is 8.80. The van der Waals surface area contributed by atoms with Crippen LogP contribution in [0.2, 0.25) is 0 Å². The van der Waals surface area contributed by atoms with Gasteiger partial charge in [-0.2, -0.15) is 0 Å². The first kappa shape index (κ1) is 11.8. The van der Waals surface area contributed by atoms with E-state index in [1.807, 2.05) is 0 Å². The number of hydrogen-bond donors (Lipinski definition) is 4. The van der Waals surface area contributed by atoms with Gasteiger partial charge in [0.1, 0.15) is 11.5 Å².